The number of hydrogen-bond acceptors (Lipinski definition) is 6. The van der Waals surface area contributed by atoms with Crippen LogP contribution in [-0.4, -0.2) is 47.2 Å². The highest BCUT2D eigenvalue weighted by molar-refractivity contribution is 6.01. The first-order valence-corrected chi connectivity index (χ1v) is 10.3. The molecule has 2 heterocycles. The van der Waals surface area contributed by atoms with Crippen LogP contribution < -0.4 is 24.3 Å². The molecule has 0 aromatic heterocycles. The number of aliphatic imine (C=N–C) groups is 1. The van der Waals surface area contributed by atoms with E-state index in [1.54, 1.807) is 28.4 Å². The lowest BCUT2D eigenvalue weighted by atomic mass is 9.94. The van der Waals surface area contributed by atoms with E-state index in [1.807, 2.05) is 19.1 Å². The molecule has 2 aromatic carbocycles. The normalized spacial score (nSPS) is 16.9. The summed E-state index contributed by atoms with van der Waals surface area (Å²) in [6.45, 7) is 6.10. The smallest absolute Gasteiger partial charge is 0.161 e. The van der Waals surface area contributed by atoms with Crippen LogP contribution in [0.1, 0.15) is 42.1 Å². The Balaban J connectivity index is 0.000000171. The first kappa shape index (κ1) is 22.0. The minimum atomic E-state index is 0.397. The van der Waals surface area contributed by atoms with Crippen molar-refractivity contribution < 1.29 is 18.9 Å². The van der Waals surface area contributed by atoms with E-state index in [1.165, 1.54) is 22.3 Å². The molecule has 0 saturated carbocycles. The zero-order valence-corrected chi connectivity index (χ0v) is 18.8. The number of nitrogens with one attached hydrogen (secondary N) is 1. The molecule has 0 fully saturated rings. The molecule has 0 spiro atoms. The van der Waals surface area contributed by atoms with Gasteiger partial charge in [0, 0.05) is 23.9 Å². The van der Waals surface area contributed by atoms with Gasteiger partial charge in [-0.05, 0) is 74.2 Å². The molecule has 4 rings (SSSR count). The number of benzene rings is 2. The minimum absolute atomic E-state index is 0.397. The fraction of sp³-hybridized carbons (Fsp3) is 0.458. The predicted molar refractivity (Wildman–Crippen MR) is 120 cm³/mol. The highest BCUT2D eigenvalue weighted by Gasteiger charge is 2.19. The maximum Gasteiger partial charge on any atom is 0.161 e. The van der Waals surface area contributed by atoms with Gasteiger partial charge in [0.15, 0.2) is 23.0 Å². The average molecular weight is 413 g/mol. The Kier molecular flexibility index (Phi) is 7.21. The molecule has 0 amide bonds. The van der Waals surface area contributed by atoms with E-state index >= 15 is 0 Å². The lowest BCUT2D eigenvalue weighted by Crippen LogP contribution is -2.27. The van der Waals surface area contributed by atoms with Crippen molar-refractivity contribution in [2.75, 3.05) is 41.5 Å². The van der Waals surface area contributed by atoms with Crippen molar-refractivity contribution in [2.45, 2.75) is 32.7 Å². The molecule has 6 nitrogen and oxygen atoms in total. The van der Waals surface area contributed by atoms with Crippen molar-refractivity contribution in [2.24, 2.45) is 4.99 Å². The molecule has 0 saturated heterocycles. The van der Waals surface area contributed by atoms with E-state index in [0.717, 1.165) is 54.6 Å². The van der Waals surface area contributed by atoms with E-state index in [-0.39, 0.29) is 0 Å². The van der Waals surface area contributed by atoms with Crippen molar-refractivity contribution in [3.05, 3.63) is 46.5 Å². The third kappa shape index (κ3) is 4.54. The number of hydrogen-bond donors (Lipinski definition) is 1. The summed E-state index contributed by atoms with van der Waals surface area (Å²) in [7, 11) is 6.66. The van der Waals surface area contributed by atoms with Gasteiger partial charge in [-0.15, -0.1) is 0 Å². The van der Waals surface area contributed by atoms with Crippen LogP contribution in [0, 0.1) is 0 Å². The SMILES string of the molecule is COc1cc2c(cc1OC)C(C)=NCC2.COc1cc2c(cc1OC)C(C)NCC2. The Labute approximate surface area is 179 Å². The van der Waals surface area contributed by atoms with Gasteiger partial charge in [-0.1, -0.05) is 0 Å². The maximum atomic E-state index is 5.30. The molecule has 2 aromatic rings. The van der Waals surface area contributed by atoms with Gasteiger partial charge in [-0.2, -0.15) is 0 Å². The first-order valence-electron chi connectivity index (χ1n) is 10.3. The standard InChI is InChI=1S/C12H17NO2.C12H15NO2/c2*1-8-10-7-12(15-3)11(14-2)6-9(10)4-5-13-8/h6-8,13H,4-5H2,1-3H3;6-7H,4-5H2,1-3H3. The van der Waals surface area contributed by atoms with Crippen molar-refractivity contribution in [1.82, 2.24) is 5.32 Å². The Hall–Kier alpha value is -2.73. The van der Waals surface area contributed by atoms with Crippen LogP contribution in [0.2, 0.25) is 0 Å². The van der Waals surface area contributed by atoms with E-state index in [0.29, 0.717) is 6.04 Å². The number of ether oxygens (including phenoxy) is 4. The largest absolute Gasteiger partial charge is 0.493 e. The quantitative estimate of drug-likeness (QED) is 0.823. The van der Waals surface area contributed by atoms with Crippen LogP contribution in [0.25, 0.3) is 0 Å². The highest BCUT2D eigenvalue weighted by atomic mass is 16.5. The van der Waals surface area contributed by atoms with Gasteiger partial charge >= 0.3 is 0 Å². The maximum absolute atomic E-state index is 5.30. The van der Waals surface area contributed by atoms with Crippen molar-refractivity contribution in [3.8, 4) is 23.0 Å². The number of rotatable bonds is 4. The van der Waals surface area contributed by atoms with E-state index in [2.05, 4.69) is 29.4 Å². The first-order chi connectivity index (χ1) is 14.5. The molecular weight excluding hydrogens is 380 g/mol. The number of methoxy groups -OCH3 is 4. The van der Waals surface area contributed by atoms with E-state index < -0.39 is 0 Å². The summed E-state index contributed by atoms with van der Waals surface area (Å²) in [4.78, 5) is 4.42. The minimum Gasteiger partial charge on any atom is -0.493 e. The summed E-state index contributed by atoms with van der Waals surface area (Å²) >= 11 is 0. The predicted octanol–water partition coefficient (Wildman–Crippen LogP) is 3.98. The lowest BCUT2D eigenvalue weighted by molar-refractivity contribution is 0.352. The van der Waals surface area contributed by atoms with Crippen LogP contribution in [0.15, 0.2) is 29.3 Å². The molecule has 2 aliphatic rings. The second-order valence-corrected chi connectivity index (χ2v) is 7.41. The second kappa shape index (κ2) is 9.85. The molecule has 1 atom stereocenters. The van der Waals surface area contributed by atoms with Gasteiger partial charge in [0.05, 0.1) is 28.4 Å². The van der Waals surface area contributed by atoms with E-state index in [9.17, 15) is 0 Å². The molecule has 0 aliphatic carbocycles. The fourth-order valence-corrected chi connectivity index (χ4v) is 3.98. The third-order valence-electron chi connectivity index (χ3n) is 5.69. The third-order valence-corrected chi connectivity index (χ3v) is 5.69. The monoisotopic (exact) mass is 412 g/mol. The summed E-state index contributed by atoms with van der Waals surface area (Å²) in [5.41, 5.74) is 6.23. The molecular formula is C24H32N2O4. The molecule has 2 aliphatic heterocycles. The van der Waals surface area contributed by atoms with Crippen LogP contribution in [0.4, 0.5) is 0 Å². The fourth-order valence-electron chi connectivity index (χ4n) is 3.98. The Morgan fingerprint density at radius 1 is 0.800 bits per heavy atom. The molecule has 162 valence electrons. The van der Waals surface area contributed by atoms with Crippen molar-refractivity contribution >= 4 is 5.71 Å². The Morgan fingerprint density at radius 3 is 2.00 bits per heavy atom. The summed E-state index contributed by atoms with van der Waals surface area (Å²) < 4.78 is 21.1. The number of nitrogens with zero attached hydrogens (tertiary/aromatic N) is 1. The second-order valence-electron chi connectivity index (χ2n) is 7.41. The van der Waals surface area contributed by atoms with Crippen LogP contribution in [0.3, 0.4) is 0 Å². The van der Waals surface area contributed by atoms with Crippen LogP contribution in [0.5, 0.6) is 23.0 Å². The molecule has 6 heteroatoms. The molecule has 1 N–H and O–H groups in total. The van der Waals surface area contributed by atoms with E-state index in [4.69, 9.17) is 18.9 Å². The summed E-state index contributed by atoms with van der Waals surface area (Å²) in [5, 5.41) is 3.43. The topological polar surface area (TPSA) is 61.3 Å². The van der Waals surface area contributed by atoms with Crippen LogP contribution in [-0.2, 0) is 12.8 Å². The van der Waals surface area contributed by atoms with Gasteiger partial charge in [0.1, 0.15) is 0 Å². The number of fused-ring (bicyclic) bond motifs is 2. The van der Waals surface area contributed by atoms with Gasteiger partial charge in [-0.3, -0.25) is 4.99 Å². The Morgan fingerprint density at radius 2 is 1.37 bits per heavy atom. The average Bonchev–Trinajstić information content (AvgIpc) is 2.78. The van der Waals surface area contributed by atoms with Gasteiger partial charge < -0.3 is 24.3 Å². The molecule has 0 bridgehead atoms. The van der Waals surface area contributed by atoms with Crippen LogP contribution >= 0.6 is 0 Å². The summed E-state index contributed by atoms with van der Waals surface area (Å²) in [5.74, 6) is 3.20. The van der Waals surface area contributed by atoms with Gasteiger partial charge in [-0.25, -0.2) is 0 Å². The highest BCUT2D eigenvalue weighted by Crippen LogP contribution is 2.35. The van der Waals surface area contributed by atoms with Crippen molar-refractivity contribution in [1.29, 1.82) is 0 Å². The zero-order valence-electron chi connectivity index (χ0n) is 18.8. The van der Waals surface area contributed by atoms with Crippen molar-refractivity contribution in [3.63, 3.8) is 0 Å². The molecule has 0 radical (unpaired) electrons. The molecule has 1 unspecified atom stereocenters. The van der Waals surface area contributed by atoms with Gasteiger partial charge in [0.25, 0.3) is 0 Å². The van der Waals surface area contributed by atoms with Gasteiger partial charge in [0.2, 0.25) is 0 Å². The summed E-state index contributed by atoms with van der Waals surface area (Å²) in [6, 6.07) is 8.61. The lowest BCUT2D eigenvalue weighted by Gasteiger charge is -2.25. The Bertz CT molecular complexity index is 924. The zero-order chi connectivity index (χ0) is 21.7. The summed E-state index contributed by atoms with van der Waals surface area (Å²) in [6.07, 6.45) is 2.03. The molecule has 30 heavy (non-hydrogen) atoms.